The van der Waals surface area contributed by atoms with Crippen molar-refractivity contribution in [3.8, 4) is 0 Å². The van der Waals surface area contributed by atoms with Crippen molar-refractivity contribution in [1.29, 1.82) is 0 Å². The summed E-state index contributed by atoms with van der Waals surface area (Å²) in [5, 5.41) is 8.35. The van der Waals surface area contributed by atoms with E-state index in [9.17, 15) is 13.2 Å². The molecule has 98 valence electrons. The van der Waals surface area contributed by atoms with Gasteiger partial charge in [-0.25, -0.2) is 13.2 Å². The third kappa shape index (κ3) is 2.87. The lowest BCUT2D eigenvalue weighted by atomic mass is 10.1. The third-order valence-electron chi connectivity index (χ3n) is 2.74. The summed E-state index contributed by atoms with van der Waals surface area (Å²) in [7, 11) is -3.81. The predicted molar refractivity (Wildman–Crippen MR) is 62.4 cm³/mol. The number of carboxylic acid groups (broad SMARTS) is 1. The van der Waals surface area contributed by atoms with Gasteiger partial charge in [-0.05, 0) is 42.5 Å². The average Bonchev–Trinajstić information content (AvgIpc) is 2.74. The number of benzene rings is 1. The van der Waals surface area contributed by atoms with Crippen LogP contribution in [0.3, 0.4) is 0 Å². The Hall–Kier alpha value is -1.44. The van der Waals surface area contributed by atoms with Crippen LogP contribution in [-0.4, -0.2) is 26.1 Å². The van der Waals surface area contributed by atoms with Gasteiger partial charge in [-0.15, -0.1) is 0 Å². The first-order valence-corrected chi connectivity index (χ1v) is 6.94. The van der Waals surface area contributed by atoms with E-state index in [1.165, 1.54) is 11.6 Å². The number of sulfonamides is 1. The minimum atomic E-state index is -3.81. The molecule has 18 heavy (non-hydrogen) atoms. The number of aliphatic carboxylic acids is 1. The van der Waals surface area contributed by atoms with Gasteiger partial charge in [0.25, 0.3) is 10.0 Å². The standard InChI is InChI=1S/C11H13NO5S/c13-11(14)7-17-12-18(15,16)10-5-4-8-2-1-3-9(8)6-10/h4-6,12H,1-3,7H2,(H,13,14). The smallest absolute Gasteiger partial charge is 0.331 e. The van der Waals surface area contributed by atoms with Crippen molar-refractivity contribution in [2.75, 3.05) is 6.61 Å². The molecule has 7 heteroatoms. The highest BCUT2D eigenvalue weighted by Gasteiger charge is 2.18. The predicted octanol–water partition coefficient (Wildman–Crippen LogP) is 0.470. The quantitative estimate of drug-likeness (QED) is 0.759. The molecule has 0 saturated heterocycles. The first-order valence-electron chi connectivity index (χ1n) is 5.46. The molecule has 0 fully saturated rings. The molecular formula is C11H13NO5S. The Kier molecular flexibility index (Phi) is 3.65. The van der Waals surface area contributed by atoms with E-state index in [1.54, 1.807) is 17.0 Å². The van der Waals surface area contributed by atoms with Crippen molar-refractivity contribution in [3.63, 3.8) is 0 Å². The summed E-state index contributed by atoms with van der Waals surface area (Å²) < 4.78 is 23.6. The van der Waals surface area contributed by atoms with Crippen LogP contribution >= 0.6 is 0 Å². The molecule has 0 heterocycles. The molecule has 0 aromatic heterocycles. The topological polar surface area (TPSA) is 92.7 Å². The lowest BCUT2D eigenvalue weighted by molar-refractivity contribution is -0.143. The van der Waals surface area contributed by atoms with Crippen LogP contribution in [0.2, 0.25) is 0 Å². The number of carbonyl (C=O) groups is 1. The highest BCUT2D eigenvalue weighted by molar-refractivity contribution is 7.89. The fourth-order valence-corrected chi connectivity index (χ4v) is 2.79. The normalized spacial score (nSPS) is 14.4. The molecule has 0 aliphatic heterocycles. The van der Waals surface area contributed by atoms with E-state index in [0.717, 1.165) is 24.8 Å². The minimum absolute atomic E-state index is 0.0912. The van der Waals surface area contributed by atoms with Crippen molar-refractivity contribution >= 4 is 16.0 Å². The van der Waals surface area contributed by atoms with Crippen LogP contribution in [0.15, 0.2) is 23.1 Å². The molecule has 1 aromatic rings. The molecule has 0 spiro atoms. The maximum Gasteiger partial charge on any atom is 0.331 e. The van der Waals surface area contributed by atoms with Crippen molar-refractivity contribution < 1.29 is 23.2 Å². The van der Waals surface area contributed by atoms with Crippen molar-refractivity contribution in [3.05, 3.63) is 29.3 Å². The minimum Gasteiger partial charge on any atom is -0.479 e. The zero-order valence-corrected chi connectivity index (χ0v) is 10.4. The highest BCUT2D eigenvalue weighted by Crippen LogP contribution is 2.24. The Morgan fingerprint density at radius 1 is 1.33 bits per heavy atom. The van der Waals surface area contributed by atoms with Gasteiger partial charge in [-0.1, -0.05) is 11.0 Å². The first-order chi connectivity index (χ1) is 8.49. The van der Waals surface area contributed by atoms with Crippen molar-refractivity contribution in [2.24, 2.45) is 0 Å². The zero-order valence-electron chi connectivity index (χ0n) is 9.55. The Balaban J connectivity index is 2.12. The van der Waals surface area contributed by atoms with Gasteiger partial charge in [0.1, 0.15) is 0 Å². The van der Waals surface area contributed by atoms with E-state index in [0.29, 0.717) is 0 Å². The van der Waals surface area contributed by atoms with E-state index in [-0.39, 0.29) is 4.90 Å². The molecule has 1 aliphatic rings. The fraction of sp³-hybridized carbons (Fsp3) is 0.364. The molecule has 0 unspecified atom stereocenters. The van der Waals surface area contributed by atoms with Gasteiger partial charge in [0.15, 0.2) is 6.61 Å². The van der Waals surface area contributed by atoms with Crippen LogP contribution in [0.4, 0.5) is 0 Å². The molecule has 0 radical (unpaired) electrons. The molecule has 0 saturated carbocycles. The number of fused-ring (bicyclic) bond motifs is 1. The Labute approximate surface area is 105 Å². The van der Waals surface area contributed by atoms with E-state index in [4.69, 9.17) is 5.11 Å². The van der Waals surface area contributed by atoms with E-state index >= 15 is 0 Å². The first kappa shape index (κ1) is 13.0. The van der Waals surface area contributed by atoms with Crippen LogP contribution in [0.1, 0.15) is 17.5 Å². The van der Waals surface area contributed by atoms with Gasteiger partial charge in [0, 0.05) is 0 Å². The summed E-state index contributed by atoms with van der Waals surface area (Å²) in [4.78, 5) is 16.5. The van der Waals surface area contributed by atoms with E-state index in [1.807, 2.05) is 0 Å². The largest absolute Gasteiger partial charge is 0.479 e. The summed E-state index contributed by atoms with van der Waals surface area (Å²) in [6.07, 6.45) is 2.87. The Morgan fingerprint density at radius 3 is 2.78 bits per heavy atom. The summed E-state index contributed by atoms with van der Waals surface area (Å²) >= 11 is 0. The summed E-state index contributed by atoms with van der Waals surface area (Å²) in [5.74, 6) is -1.24. The second-order valence-electron chi connectivity index (χ2n) is 4.05. The highest BCUT2D eigenvalue weighted by atomic mass is 32.2. The third-order valence-corrected chi connectivity index (χ3v) is 3.96. The van der Waals surface area contributed by atoms with Gasteiger partial charge in [-0.2, -0.15) is 0 Å². The van der Waals surface area contributed by atoms with Gasteiger partial charge in [0.05, 0.1) is 4.90 Å². The molecule has 1 aromatic carbocycles. The lowest BCUT2D eigenvalue weighted by Gasteiger charge is -2.07. The van der Waals surface area contributed by atoms with Gasteiger partial charge >= 0.3 is 5.97 Å². The van der Waals surface area contributed by atoms with Crippen LogP contribution in [0.5, 0.6) is 0 Å². The molecule has 0 amide bonds. The second-order valence-corrected chi connectivity index (χ2v) is 5.70. The van der Waals surface area contributed by atoms with Crippen LogP contribution in [0.25, 0.3) is 0 Å². The van der Waals surface area contributed by atoms with Crippen molar-refractivity contribution in [2.45, 2.75) is 24.2 Å². The maximum absolute atomic E-state index is 11.8. The van der Waals surface area contributed by atoms with Crippen molar-refractivity contribution in [1.82, 2.24) is 4.89 Å². The Bertz CT molecular complexity index is 567. The second kappa shape index (κ2) is 5.05. The summed E-state index contributed by atoms with van der Waals surface area (Å²) in [6.45, 7) is -0.718. The summed E-state index contributed by atoms with van der Waals surface area (Å²) in [5.41, 5.74) is 2.19. The van der Waals surface area contributed by atoms with Crippen LogP contribution < -0.4 is 4.89 Å². The molecule has 2 rings (SSSR count). The average molecular weight is 271 g/mol. The molecule has 0 atom stereocenters. The monoisotopic (exact) mass is 271 g/mol. The van der Waals surface area contributed by atoms with Gasteiger partial charge in [0.2, 0.25) is 0 Å². The number of hydrogen-bond acceptors (Lipinski definition) is 4. The Morgan fingerprint density at radius 2 is 2.06 bits per heavy atom. The number of hydrogen-bond donors (Lipinski definition) is 2. The fourth-order valence-electron chi connectivity index (χ4n) is 1.93. The maximum atomic E-state index is 11.8. The van der Waals surface area contributed by atoms with E-state index in [2.05, 4.69) is 4.84 Å². The molecule has 1 aliphatic carbocycles. The van der Waals surface area contributed by atoms with Gasteiger partial charge < -0.3 is 5.11 Å². The number of carboxylic acids is 1. The molecule has 2 N–H and O–H groups in total. The number of rotatable bonds is 5. The van der Waals surface area contributed by atoms with Crippen LogP contribution in [0, 0.1) is 0 Å². The SMILES string of the molecule is O=C(O)CONS(=O)(=O)c1ccc2c(c1)CCC2. The number of aryl methyl sites for hydroxylation is 2. The lowest BCUT2D eigenvalue weighted by Crippen LogP contribution is -2.26. The van der Waals surface area contributed by atoms with Gasteiger partial charge in [-0.3, -0.25) is 4.84 Å². The van der Waals surface area contributed by atoms with Crippen LogP contribution in [-0.2, 0) is 32.5 Å². The molecule has 0 bridgehead atoms. The summed E-state index contributed by atoms with van der Waals surface area (Å²) in [6, 6.07) is 4.89. The molecular weight excluding hydrogens is 258 g/mol. The van der Waals surface area contributed by atoms with E-state index < -0.39 is 22.6 Å². The number of nitrogens with one attached hydrogen (secondary N) is 1. The molecule has 6 nitrogen and oxygen atoms in total. The zero-order chi connectivity index (χ0) is 13.2.